The summed E-state index contributed by atoms with van der Waals surface area (Å²) in [6, 6.07) is 55.5. The van der Waals surface area contributed by atoms with E-state index in [0.29, 0.717) is 0 Å². The Kier molecular flexibility index (Phi) is 4.94. The summed E-state index contributed by atoms with van der Waals surface area (Å²) in [6.45, 7) is 4.48. The molecule has 0 fully saturated rings. The Hall–Kier alpha value is -6.24. The molecule has 10 aromatic rings. The smallest absolute Gasteiger partial charge is 0.00172 e. The highest BCUT2D eigenvalue weighted by molar-refractivity contribution is 6.32. The minimum absolute atomic E-state index is 1.28. The van der Waals surface area contributed by atoms with Gasteiger partial charge in [0.1, 0.15) is 0 Å². The molecular weight excluding hydrogens is 601 g/mol. The minimum atomic E-state index is 1.28. The van der Waals surface area contributed by atoms with Gasteiger partial charge in [-0.1, -0.05) is 127 Å². The predicted molar refractivity (Wildman–Crippen MR) is 215 cm³/mol. The number of fused-ring (bicyclic) bond motifs is 14. The van der Waals surface area contributed by atoms with Crippen LogP contribution in [0.4, 0.5) is 0 Å². The average Bonchev–Trinajstić information content (AvgIpc) is 3.67. The van der Waals surface area contributed by atoms with Gasteiger partial charge in [0, 0.05) is 0 Å². The topological polar surface area (TPSA) is 0 Å². The van der Waals surface area contributed by atoms with Crippen molar-refractivity contribution in [2.24, 2.45) is 0 Å². The summed E-state index contributed by atoms with van der Waals surface area (Å²) in [5, 5.41) is 16.0. The Balaban J connectivity index is 1.26. The van der Waals surface area contributed by atoms with E-state index in [1.54, 1.807) is 0 Å². The standard InChI is InChI=1S/C50H30/c1-27-18-20-34-39(22-27)45(24-44-38-21-19-28(2)48-35-15-8-7-14-33(35)47(50(38)48)26-42(34)44)40-23-43-37-17-9-16-36-29-10-3-6-13-32(29)46(49(36)37)25-41(43)31-12-5-4-11-30(31)40/h3-26H,1-2H3. The van der Waals surface area contributed by atoms with Crippen LogP contribution in [-0.4, -0.2) is 0 Å². The monoisotopic (exact) mass is 630 g/mol. The van der Waals surface area contributed by atoms with Crippen LogP contribution in [-0.2, 0) is 0 Å². The molecule has 230 valence electrons. The molecule has 0 aliphatic heterocycles. The molecule has 0 saturated carbocycles. The second-order valence-corrected chi connectivity index (χ2v) is 14.5. The zero-order valence-corrected chi connectivity index (χ0v) is 27.9. The van der Waals surface area contributed by atoms with Crippen molar-refractivity contribution in [1.29, 1.82) is 0 Å². The molecule has 0 heterocycles. The molecule has 0 bridgehead atoms. The summed E-state index contributed by atoms with van der Waals surface area (Å²) in [5.41, 5.74) is 16.0. The second-order valence-electron chi connectivity index (χ2n) is 14.5. The fraction of sp³-hybridized carbons (Fsp3) is 0.0400. The first-order valence-electron chi connectivity index (χ1n) is 17.7. The average molecular weight is 631 g/mol. The molecule has 0 spiro atoms. The SMILES string of the molecule is Cc1ccc2c(c1)c(-c1cc3c4cccc5c4c(cc3c3ccccc13)-c1ccccc1-5)cc1c3ccc(C)c4c3c(cc21)-c1ccccc1-4. The molecule has 0 radical (unpaired) electrons. The van der Waals surface area contributed by atoms with Crippen LogP contribution in [0.1, 0.15) is 11.1 Å². The van der Waals surface area contributed by atoms with Crippen LogP contribution in [0.2, 0.25) is 0 Å². The fourth-order valence-corrected chi connectivity index (χ4v) is 9.76. The minimum Gasteiger partial charge on any atom is -0.0616 e. The van der Waals surface area contributed by atoms with Gasteiger partial charge >= 0.3 is 0 Å². The molecule has 0 atom stereocenters. The Labute approximate surface area is 289 Å². The van der Waals surface area contributed by atoms with Gasteiger partial charge in [-0.15, -0.1) is 0 Å². The van der Waals surface area contributed by atoms with Gasteiger partial charge in [-0.25, -0.2) is 0 Å². The van der Waals surface area contributed by atoms with Crippen molar-refractivity contribution in [3.8, 4) is 55.6 Å². The third-order valence-electron chi connectivity index (χ3n) is 11.9. The van der Waals surface area contributed by atoms with E-state index in [1.807, 2.05) is 0 Å². The zero-order valence-electron chi connectivity index (χ0n) is 27.9. The summed E-state index contributed by atoms with van der Waals surface area (Å²) < 4.78 is 0. The molecule has 50 heavy (non-hydrogen) atoms. The second kappa shape index (κ2) is 9.26. The Bertz CT molecular complexity index is 3210. The van der Waals surface area contributed by atoms with Crippen LogP contribution in [0.25, 0.3) is 120 Å². The maximum atomic E-state index is 2.52. The van der Waals surface area contributed by atoms with Crippen LogP contribution in [0.5, 0.6) is 0 Å². The van der Waals surface area contributed by atoms with E-state index < -0.39 is 0 Å². The molecule has 0 amide bonds. The van der Waals surface area contributed by atoms with E-state index in [0.717, 1.165) is 0 Å². The van der Waals surface area contributed by atoms with Gasteiger partial charge < -0.3 is 0 Å². The number of hydrogen-bond donors (Lipinski definition) is 0. The van der Waals surface area contributed by atoms with Gasteiger partial charge in [0.15, 0.2) is 0 Å². The first-order chi connectivity index (χ1) is 24.6. The fourth-order valence-electron chi connectivity index (χ4n) is 9.76. The molecule has 2 aliphatic carbocycles. The van der Waals surface area contributed by atoms with Crippen LogP contribution < -0.4 is 0 Å². The number of aryl methyl sites for hydroxylation is 2. The lowest BCUT2D eigenvalue weighted by molar-refractivity contribution is 1.51. The first kappa shape index (κ1) is 26.7. The van der Waals surface area contributed by atoms with Gasteiger partial charge in [-0.2, -0.15) is 0 Å². The highest BCUT2D eigenvalue weighted by Crippen LogP contribution is 2.54. The van der Waals surface area contributed by atoms with Gasteiger partial charge in [0.2, 0.25) is 0 Å². The van der Waals surface area contributed by atoms with Crippen molar-refractivity contribution >= 4 is 64.6 Å². The molecule has 0 unspecified atom stereocenters. The maximum absolute atomic E-state index is 2.52. The third-order valence-corrected chi connectivity index (χ3v) is 11.9. The summed E-state index contributed by atoms with van der Waals surface area (Å²) in [5.74, 6) is 0. The lowest BCUT2D eigenvalue weighted by Gasteiger charge is -2.18. The van der Waals surface area contributed by atoms with Gasteiger partial charge in [-0.05, 0) is 164 Å². The largest absolute Gasteiger partial charge is 0.0616 e. The van der Waals surface area contributed by atoms with Crippen LogP contribution >= 0.6 is 0 Å². The first-order valence-corrected chi connectivity index (χ1v) is 17.7. The molecule has 0 nitrogen and oxygen atoms in total. The number of hydrogen-bond acceptors (Lipinski definition) is 0. The van der Waals surface area contributed by atoms with Crippen molar-refractivity contribution in [1.82, 2.24) is 0 Å². The Morgan fingerprint density at radius 3 is 1.50 bits per heavy atom. The summed E-state index contributed by atoms with van der Waals surface area (Å²) in [7, 11) is 0. The van der Waals surface area contributed by atoms with Gasteiger partial charge in [0.25, 0.3) is 0 Å². The molecule has 0 N–H and O–H groups in total. The quantitative estimate of drug-likeness (QED) is 0.158. The molecule has 0 heteroatoms. The highest BCUT2D eigenvalue weighted by Gasteiger charge is 2.27. The molecule has 0 aromatic heterocycles. The molecule has 12 rings (SSSR count). The van der Waals surface area contributed by atoms with Gasteiger partial charge in [-0.3, -0.25) is 0 Å². The van der Waals surface area contributed by atoms with Crippen molar-refractivity contribution in [2.75, 3.05) is 0 Å². The summed E-state index contributed by atoms with van der Waals surface area (Å²) in [4.78, 5) is 0. The Morgan fingerprint density at radius 1 is 0.260 bits per heavy atom. The van der Waals surface area contributed by atoms with Crippen LogP contribution in [0, 0.1) is 13.8 Å². The van der Waals surface area contributed by atoms with Crippen molar-refractivity contribution in [3.05, 3.63) is 157 Å². The van der Waals surface area contributed by atoms with E-state index in [-0.39, 0.29) is 0 Å². The molecule has 0 saturated heterocycles. The van der Waals surface area contributed by atoms with Crippen molar-refractivity contribution in [2.45, 2.75) is 13.8 Å². The number of rotatable bonds is 1. The van der Waals surface area contributed by atoms with Crippen LogP contribution in [0.15, 0.2) is 146 Å². The van der Waals surface area contributed by atoms with Crippen molar-refractivity contribution in [3.63, 3.8) is 0 Å². The van der Waals surface area contributed by atoms with E-state index in [9.17, 15) is 0 Å². The summed E-state index contributed by atoms with van der Waals surface area (Å²) >= 11 is 0. The summed E-state index contributed by atoms with van der Waals surface area (Å²) in [6.07, 6.45) is 0. The van der Waals surface area contributed by atoms with Crippen molar-refractivity contribution < 1.29 is 0 Å². The number of benzene rings is 10. The lowest BCUT2D eigenvalue weighted by Crippen LogP contribution is -1.91. The van der Waals surface area contributed by atoms with E-state index >= 15 is 0 Å². The third kappa shape index (κ3) is 3.22. The normalized spacial score (nSPS) is 12.6. The molecule has 2 aliphatic rings. The highest BCUT2D eigenvalue weighted by atomic mass is 14.3. The maximum Gasteiger partial charge on any atom is -0.00172 e. The van der Waals surface area contributed by atoms with E-state index in [1.165, 1.54) is 131 Å². The zero-order chi connectivity index (χ0) is 32.8. The molecular formula is C50H30. The predicted octanol–water partition coefficient (Wildman–Crippen LogP) is 14.2. The molecule has 10 aromatic carbocycles. The Morgan fingerprint density at radius 2 is 0.740 bits per heavy atom. The van der Waals surface area contributed by atoms with E-state index in [4.69, 9.17) is 0 Å². The van der Waals surface area contributed by atoms with Crippen LogP contribution in [0.3, 0.4) is 0 Å². The van der Waals surface area contributed by atoms with E-state index in [2.05, 4.69) is 159 Å². The lowest BCUT2D eigenvalue weighted by atomic mass is 9.85. The van der Waals surface area contributed by atoms with Gasteiger partial charge in [0.05, 0.1) is 0 Å².